The van der Waals surface area contributed by atoms with Gasteiger partial charge in [-0.25, -0.2) is 0 Å². The third kappa shape index (κ3) is 4.30. The number of para-hydroxylation sites is 3. The van der Waals surface area contributed by atoms with Crippen LogP contribution in [0.2, 0.25) is 0 Å². The molecule has 0 N–H and O–H groups in total. The third-order valence-electron chi connectivity index (χ3n) is 15.6. The van der Waals surface area contributed by atoms with E-state index in [1.807, 2.05) is 0 Å². The van der Waals surface area contributed by atoms with Crippen LogP contribution in [0.1, 0.15) is 45.9 Å². The van der Waals surface area contributed by atoms with Crippen molar-refractivity contribution in [3.05, 3.63) is 263 Å². The molecule has 16 rings (SSSR count). The number of hydrogen-bond acceptors (Lipinski definition) is 1. The Hall–Kier alpha value is -8.20. The zero-order valence-corrected chi connectivity index (χ0v) is 35.8. The number of fused-ring (bicyclic) bond motifs is 7. The van der Waals surface area contributed by atoms with E-state index in [2.05, 4.69) is 241 Å². The van der Waals surface area contributed by atoms with Crippen molar-refractivity contribution < 1.29 is 0 Å². The summed E-state index contributed by atoms with van der Waals surface area (Å²) in [5, 5.41) is 2.56. The number of anilines is 3. The van der Waals surface area contributed by atoms with Gasteiger partial charge in [0.1, 0.15) is 0 Å². The van der Waals surface area contributed by atoms with Gasteiger partial charge in [-0.1, -0.05) is 188 Å². The van der Waals surface area contributed by atoms with Crippen molar-refractivity contribution in [2.45, 2.75) is 17.8 Å². The molecule has 0 saturated carbocycles. The van der Waals surface area contributed by atoms with Gasteiger partial charge in [0.25, 0.3) is 0 Å². The number of nitrogens with zero attached hydrogens (tertiary/aromatic N) is 2. The standard InChI is InChI=1S/C63H40N2/c1-62-42-33-34-46-45-21-5-10-26-51(45)63(55(46)38-42)52-35-32-41(37-59(52)65-57-30-12-8-22-47(57)48-24-14-28-54(63)61(48)65)44-20-7-11-29-56(44)64(43-19-13-18-40(36-43)39-16-3-2-4-17-39)58-31-15-27-53(62)60(58)49-23-6-9-25-50(49)62/h2-38H,1H3. The summed E-state index contributed by atoms with van der Waals surface area (Å²) in [7, 11) is 0. The molecule has 2 unspecified atom stereocenters. The molecule has 1 spiro atoms. The topological polar surface area (TPSA) is 8.17 Å². The molecular weight excluding hydrogens is 785 g/mol. The van der Waals surface area contributed by atoms with Gasteiger partial charge < -0.3 is 9.47 Å². The Morgan fingerprint density at radius 1 is 0.354 bits per heavy atom. The van der Waals surface area contributed by atoms with Crippen LogP contribution in [-0.2, 0) is 10.8 Å². The molecule has 11 aromatic rings. The molecule has 2 aliphatic carbocycles. The van der Waals surface area contributed by atoms with Crippen LogP contribution < -0.4 is 4.90 Å². The summed E-state index contributed by atoms with van der Waals surface area (Å²) in [6.45, 7) is 2.48. The lowest BCUT2D eigenvalue weighted by Gasteiger charge is -2.40. The van der Waals surface area contributed by atoms with Gasteiger partial charge >= 0.3 is 0 Å². The Kier molecular flexibility index (Phi) is 6.78. The summed E-state index contributed by atoms with van der Waals surface area (Å²) < 4.78 is 2.58. The minimum absolute atomic E-state index is 0.452. The fourth-order valence-electron chi connectivity index (χ4n) is 12.9. The zero-order chi connectivity index (χ0) is 42.6. The largest absolute Gasteiger partial charge is 0.309 e. The monoisotopic (exact) mass is 824 g/mol. The van der Waals surface area contributed by atoms with Gasteiger partial charge in [0.15, 0.2) is 0 Å². The Morgan fingerprint density at radius 2 is 1.02 bits per heavy atom. The van der Waals surface area contributed by atoms with Crippen LogP contribution >= 0.6 is 0 Å². The molecule has 302 valence electrons. The molecule has 10 bridgehead atoms. The number of benzene rings is 10. The molecule has 0 saturated heterocycles. The number of hydrogen-bond donors (Lipinski definition) is 0. The molecule has 0 amide bonds. The molecule has 2 heteroatoms. The molecule has 1 aromatic heterocycles. The fraction of sp³-hybridized carbons (Fsp3) is 0.0476. The minimum atomic E-state index is -0.567. The maximum Gasteiger partial charge on any atom is 0.0754 e. The maximum atomic E-state index is 2.61. The second kappa shape index (κ2) is 12.5. The van der Waals surface area contributed by atoms with E-state index in [0.717, 1.165) is 11.4 Å². The van der Waals surface area contributed by atoms with Crippen molar-refractivity contribution >= 4 is 38.9 Å². The third-order valence-corrected chi connectivity index (χ3v) is 15.6. The molecule has 3 aliphatic heterocycles. The van der Waals surface area contributed by atoms with E-state index in [1.54, 1.807) is 0 Å². The van der Waals surface area contributed by atoms with E-state index < -0.39 is 10.8 Å². The normalized spacial score (nSPS) is 17.7. The first-order valence-electron chi connectivity index (χ1n) is 22.8. The van der Waals surface area contributed by atoms with Crippen molar-refractivity contribution in [1.29, 1.82) is 0 Å². The van der Waals surface area contributed by atoms with E-state index >= 15 is 0 Å². The van der Waals surface area contributed by atoms with E-state index in [1.165, 1.54) is 117 Å². The van der Waals surface area contributed by atoms with Crippen molar-refractivity contribution in [2.75, 3.05) is 4.90 Å². The predicted octanol–water partition coefficient (Wildman–Crippen LogP) is 15.9. The minimum Gasteiger partial charge on any atom is -0.309 e. The van der Waals surface area contributed by atoms with Gasteiger partial charge in [0, 0.05) is 33.0 Å². The van der Waals surface area contributed by atoms with Crippen LogP contribution in [0.4, 0.5) is 17.1 Å². The Morgan fingerprint density at radius 3 is 1.92 bits per heavy atom. The number of rotatable bonds is 2. The van der Waals surface area contributed by atoms with Crippen LogP contribution in [0, 0.1) is 0 Å². The molecule has 4 heterocycles. The highest BCUT2D eigenvalue weighted by Gasteiger charge is 2.52. The quantitative estimate of drug-likeness (QED) is 0.169. The van der Waals surface area contributed by atoms with Crippen molar-refractivity contribution in [3.8, 4) is 50.2 Å². The van der Waals surface area contributed by atoms with Gasteiger partial charge in [-0.05, 0) is 116 Å². The Bertz CT molecular complexity index is 3870. The van der Waals surface area contributed by atoms with Gasteiger partial charge in [-0.2, -0.15) is 0 Å². The second-order valence-electron chi connectivity index (χ2n) is 18.5. The first kappa shape index (κ1) is 35.3. The van der Waals surface area contributed by atoms with Crippen LogP contribution in [0.3, 0.4) is 0 Å². The van der Waals surface area contributed by atoms with Crippen LogP contribution in [0.15, 0.2) is 224 Å². The summed E-state index contributed by atoms with van der Waals surface area (Å²) >= 11 is 0. The first-order valence-corrected chi connectivity index (χ1v) is 22.8. The second-order valence-corrected chi connectivity index (χ2v) is 18.5. The lowest BCUT2D eigenvalue weighted by molar-refractivity contribution is 0.702. The average Bonchev–Trinajstić information content (AvgIpc) is 3.96. The summed E-state index contributed by atoms with van der Waals surface area (Å²) in [5.41, 5.74) is 25.4. The Labute approximate surface area is 378 Å². The molecule has 10 aromatic carbocycles. The SMILES string of the molecule is CC12c3ccc4c(c3)C3(c5ccccc5-4)c4ccc(cc4-n4c5ccccc5c5cccc3c54)-c3ccccc3N(c3cccc(-c4ccccc4)c3)c3cccc1c3-c1ccccc12. The van der Waals surface area contributed by atoms with Gasteiger partial charge in [0.05, 0.1) is 33.5 Å². The van der Waals surface area contributed by atoms with Crippen molar-refractivity contribution in [3.63, 3.8) is 0 Å². The Balaban J connectivity index is 1.15. The number of aromatic nitrogens is 1. The van der Waals surface area contributed by atoms with Crippen molar-refractivity contribution in [2.24, 2.45) is 0 Å². The van der Waals surface area contributed by atoms with Gasteiger partial charge in [-0.15, -0.1) is 0 Å². The molecule has 2 nitrogen and oxygen atoms in total. The van der Waals surface area contributed by atoms with E-state index in [9.17, 15) is 0 Å². The summed E-state index contributed by atoms with van der Waals surface area (Å²) in [5.74, 6) is 0. The lowest BCUT2D eigenvalue weighted by Crippen LogP contribution is -2.34. The average molecular weight is 825 g/mol. The molecule has 0 radical (unpaired) electrons. The van der Waals surface area contributed by atoms with Crippen molar-refractivity contribution in [1.82, 2.24) is 4.57 Å². The molecule has 5 aliphatic rings. The molecule has 0 fully saturated rings. The summed E-state index contributed by atoms with van der Waals surface area (Å²) in [6, 6.07) is 85.3. The van der Waals surface area contributed by atoms with Crippen LogP contribution in [0.25, 0.3) is 72.0 Å². The maximum absolute atomic E-state index is 2.61. The molecule has 65 heavy (non-hydrogen) atoms. The first-order chi connectivity index (χ1) is 32.1. The highest BCUT2D eigenvalue weighted by molar-refractivity contribution is 6.13. The summed E-state index contributed by atoms with van der Waals surface area (Å²) in [6.07, 6.45) is 0. The highest BCUT2D eigenvalue weighted by Crippen LogP contribution is 2.64. The smallest absolute Gasteiger partial charge is 0.0754 e. The molecular formula is C63H40N2. The van der Waals surface area contributed by atoms with E-state index in [-0.39, 0.29) is 0 Å². The highest BCUT2D eigenvalue weighted by atomic mass is 15.1. The lowest BCUT2D eigenvalue weighted by atomic mass is 9.64. The van der Waals surface area contributed by atoms with Gasteiger partial charge in [-0.3, -0.25) is 0 Å². The predicted molar refractivity (Wildman–Crippen MR) is 268 cm³/mol. The van der Waals surface area contributed by atoms with Gasteiger partial charge in [0.2, 0.25) is 0 Å². The zero-order valence-electron chi connectivity index (χ0n) is 35.8. The van der Waals surface area contributed by atoms with Crippen LogP contribution in [-0.4, -0.2) is 4.57 Å². The van der Waals surface area contributed by atoms with Crippen LogP contribution in [0.5, 0.6) is 0 Å². The summed E-state index contributed by atoms with van der Waals surface area (Å²) in [4.78, 5) is 2.54. The fourth-order valence-corrected chi connectivity index (χ4v) is 12.9. The molecule has 2 atom stereocenters. The van der Waals surface area contributed by atoms with E-state index in [0.29, 0.717) is 0 Å². The van der Waals surface area contributed by atoms with E-state index in [4.69, 9.17) is 0 Å².